The first-order valence-corrected chi connectivity index (χ1v) is 7.55. The lowest BCUT2D eigenvalue weighted by Gasteiger charge is -2.06. The molecule has 0 radical (unpaired) electrons. The van der Waals surface area contributed by atoms with Crippen LogP contribution in [0.4, 0.5) is 0 Å². The highest BCUT2D eigenvalue weighted by molar-refractivity contribution is 8.23. The van der Waals surface area contributed by atoms with Crippen LogP contribution in [0.3, 0.4) is 0 Å². The Balaban J connectivity index is 2.95. The molecule has 0 bridgehead atoms. The van der Waals surface area contributed by atoms with E-state index in [1.54, 1.807) is 30.6 Å². The van der Waals surface area contributed by atoms with Crippen LogP contribution in [-0.2, 0) is 0 Å². The molecule has 1 rings (SSSR count). The predicted molar refractivity (Wildman–Crippen MR) is 80.6 cm³/mol. The van der Waals surface area contributed by atoms with E-state index in [-0.39, 0.29) is 0 Å². The van der Waals surface area contributed by atoms with Crippen LogP contribution in [-0.4, -0.2) is 23.8 Å². The van der Waals surface area contributed by atoms with E-state index in [0.29, 0.717) is 0 Å². The van der Waals surface area contributed by atoms with Crippen LogP contribution >= 0.6 is 35.7 Å². The first-order valence-electron chi connectivity index (χ1n) is 4.69. The van der Waals surface area contributed by atoms with Crippen LogP contribution in [0, 0.1) is 0 Å². The molecule has 1 nitrogen and oxygen atoms in total. The summed E-state index contributed by atoms with van der Waals surface area (Å²) in [7, 11) is 1.67. The standard InChI is InChI=1S/C12H14OS3/c1-13-10-6-4-9(5-7-10)11(15-2)8-12(14)16-3/h4-8H,1-3H3/b11-8+. The molecule has 1 aromatic rings. The van der Waals surface area contributed by atoms with E-state index in [9.17, 15) is 0 Å². The second-order valence-electron chi connectivity index (χ2n) is 2.96. The summed E-state index contributed by atoms with van der Waals surface area (Å²) in [6.07, 6.45) is 6.08. The molecule has 0 unspecified atom stereocenters. The monoisotopic (exact) mass is 270 g/mol. The van der Waals surface area contributed by atoms with Crippen LogP contribution in [0.15, 0.2) is 30.3 Å². The van der Waals surface area contributed by atoms with Crippen LogP contribution in [0.5, 0.6) is 5.75 Å². The minimum atomic E-state index is 0.872. The van der Waals surface area contributed by atoms with Crippen molar-refractivity contribution in [2.75, 3.05) is 19.6 Å². The molecule has 0 saturated heterocycles. The molecule has 86 valence electrons. The van der Waals surface area contributed by atoms with E-state index in [4.69, 9.17) is 17.0 Å². The third-order valence-corrected chi connectivity index (χ3v) is 3.98. The lowest BCUT2D eigenvalue weighted by atomic mass is 10.2. The van der Waals surface area contributed by atoms with Gasteiger partial charge in [-0.1, -0.05) is 24.4 Å². The summed E-state index contributed by atoms with van der Waals surface area (Å²) in [5, 5.41) is 0. The van der Waals surface area contributed by atoms with Crippen molar-refractivity contribution >= 4 is 44.8 Å². The summed E-state index contributed by atoms with van der Waals surface area (Å²) in [5.74, 6) is 0.872. The number of thiocarbonyl (C=S) groups is 1. The van der Waals surface area contributed by atoms with Gasteiger partial charge in [-0.05, 0) is 36.3 Å². The van der Waals surface area contributed by atoms with Gasteiger partial charge in [-0.2, -0.15) is 0 Å². The lowest BCUT2D eigenvalue weighted by Crippen LogP contribution is -1.86. The van der Waals surface area contributed by atoms with Crippen LogP contribution < -0.4 is 4.74 Å². The minimum absolute atomic E-state index is 0.872. The van der Waals surface area contributed by atoms with Gasteiger partial charge in [-0.3, -0.25) is 0 Å². The van der Waals surface area contributed by atoms with Crippen LogP contribution in [0.25, 0.3) is 4.91 Å². The Morgan fingerprint density at radius 1 is 1.19 bits per heavy atom. The Kier molecular flexibility index (Phi) is 5.95. The number of ether oxygens (including phenoxy) is 1. The van der Waals surface area contributed by atoms with E-state index in [2.05, 4.69) is 6.26 Å². The molecule has 0 spiro atoms. The van der Waals surface area contributed by atoms with E-state index in [1.165, 1.54) is 10.5 Å². The van der Waals surface area contributed by atoms with Crippen molar-refractivity contribution in [2.45, 2.75) is 0 Å². The summed E-state index contributed by atoms with van der Waals surface area (Å²) in [6.45, 7) is 0. The smallest absolute Gasteiger partial charge is 0.118 e. The topological polar surface area (TPSA) is 9.23 Å². The molecule has 16 heavy (non-hydrogen) atoms. The van der Waals surface area contributed by atoms with Gasteiger partial charge < -0.3 is 4.74 Å². The largest absolute Gasteiger partial charge is 0.497 e. The first kappa shape index (κ1) is 13.6. The fourth-order valence-electron chi connectivity index (χ4n) is 1.18. The maximum atomic E-state index is 5.19. The normalized spacial score (nSPS) is 11.3. The Morgan fingerprint density at radius 2 is 1.81 bits per heavy atom. The molecule has 0 fully saturated rings. The molecule has 1 aromatic carbocycles. The summed E-state index contributed by atoms with van der Waals surface area (Å²) >= 11 is 8.48. The molecule has 0 amide bonds. The first-order chi connectivity index (χ1) is 7.71. The van der Waals surface area contributed by atoms with E-state index < -0.39 is 0 Å². The van der Waals surface area contributed by atoms with Crippen molar-refractivity contribution in [1.82, 2.24) is 0 Å². The molecular formula is C12H14OS3. The number of methoxy groups -OCH3 is 1. The van der Waals surface area contributed by atoms with E-state index >= 15 is 0 Å². The molecule has 0 aromatic heterocycles. The zero-order valence-corrected chi connectivity index (χ0v) is 12.0. The SMILES string of the molecule is COc1ccc(/C(=C\C(=S)SC)SC)cc1. The Morgan fingerprint density at radius 3 is 2.25 bits per heavy atom. The van der Waals surface area contributed by atoms with Crippen molar-refractivity contribution < 1.29 is 4.74 Å². The average molecular weight is 270 g/mol. The van der Waals surface area contributed by atoms with Crippen LogP contribution in [0.1, 0.15) is 5.56 Å². The number of hydrogen-bond donors (Lipinski definition) is 0. The molecule has 0 saturated carbocycles. The van der Waals surface area contributed by atoms with E-state index in [1.807, 2.05) is 36.6 Å². The second kappa shape index (κ2) is 6.99. The highest BCUT2D eigenvalue weighted by Crippen LogP contribution is 2.27. The molecule has 4 heteroatoms. The summed E-state index contributed by atoms with van der Waals surface area (Å²) in [6, 6.07) is 8.01. The summed E-state index contributed by atoms with van der Waals surface area (Å²) < 4.78 is 6.03. The number of benzene rings is 1. The van der Waals surface area contributed by atoms with Gasteiger partial charge in [0.05, 0.1) is 11.3 Å². The quantitative estimate of drug-likeness (QED) is 0.601. The van der Waals surface area contributed by atoms with Crippen molar-refractivity contribution in [1.29, 1.82) is 0 Å². The highest BCUT2D eigenvalue weighted by atomic mass is 32.2. The van der Waals surface area contributed by atoms with Crippen LogP contribution in [0.2, 0.25) is 0 Å². The van der Waals surface area contributed by atoms with Crippen molar-refractivity contribution in [3.05, 3.63) is 35.9 Å². The zero-order chi connectivity index (χ0) is 12.0. The number of hydrogen-bond acceptors (Lipinski definition) is 4. The molecular weight excluding hydrogens is 256 g/mol. The Bertz CT molecular complexity index is 382. The van der Waals surface area contributed by atoms with Gasteiger partial charge in [0.15, 0.2) is 0 Å². The number of rotatable bonds is 4. The van der Waals surface area contributed by atoms with Gasteiger partial charge in [0.2, 0.25) is 0 Å². The second-order valence-corrected chi connectivity index (χ2v) is 5.36. The zero-order valence-electron chi connectivity index (χ0n) is 9.52. The maximum absolute atomic E-state index is 5.19. The molecule has 0 aliphatic carbocycles. The number of thioether (sulfide) groups is 2. The van der Waals surface area contributed by atoms with E-state index in [0.717, 1.165) is 9.95 Å². The molecule has 0 aliphatic heterocycles. The lowest BCUT2D eigenvalue weighted by molar-refractivity contribution is 0.415. The van der Waals surface area contributed by atoms with Gasteiger partial charge in [0.25, 0.3) is 0 Å². The minimum Gasteiger partial charge on any atom is -0.497 e. The highest BCUT2D eigenvalue weighted by Gasteiger charge is 2.01. The third kappa shape index (κ3) is 3.85. The Labute approximate surface area is 111 Å². The van der Waals surface area contributed by atoms with Gasteiger partial charge >= 0.3 is 0 Å². The van der Waals surface area contributed by atoms with Gasteiger partial charge in [-0.15, -0.1) is 23.5 Å². The Hall–Kier alpha value is -0.450. The molecule has 0 atom stereocenters. The fourth-order valence-corrected chi connectivity index (χ4v) is 2.29. The fraction of sp³-hybridized carbons (Fsp3) is 0.250. The molecule has 0 N–H and O–H groups in total. The molecule has 0 heterocycles. The summed E-state index contributed by atoms with van der Waals surface area (Å²) in [5.41, 5.74) is 1.17. The van der Waals surface area contributed by atoms with Crippen molar-refractivity contribution in [2.24, 2.45) is 0 Å². The van der Waals surface area contributed by atoms with Gasteiger partial charge in [-0.25, -0.2) is 0 Å². The predicted octanol–water partition coefficient (Wildman–Crippen LogP) is 4.09. The average Bonchev–Trinajstić information content (AvgIpc) is 2.35. The third-order valence-electron chi connectivity index (χ3n) is 2.04. The maximum Gasteiger partial charge on any atom is 0.118 e. The van der Waals surface area contributed by atoms with Gasteiger partial charge in [0.1, 0.15) is 5.75 Å². The summed E-state index contributed by atoms with van der Waals surface area (Å²) in [4.78, 5) is 1.18. The van der Waals surface area contributed by atoms with Crippen molar-refractivity contribution in [3.8, 4) is 5.75 Å². The van der Waals surface area contributed by atoms with Gasteiger partial charge in [0, 0.05) is 4.91 Å². The molecule has 0 aliphatic rings. The van der Waals surface area contributed by atoms with Crippen molar-refractivity contribution in [3.63, 3.8) is 0 Å².